The van der Waals surface area contributed by atoms with Crippen molar-refractivity contribution in [2.75, 3.05) is 11.3 Å². The molecule has 140 valence electrons. The van der Waals surface area contributed by atoms with E-state index < -0.39 is 0 Å². The number of amidine groups is 2. The average molecular weight is 371 g/mol. The van der Waals surface area contributed by atoms with Crippen LogP contribution in [-0.2, 0) is 0 Å². The zero-order valence-corrected chi connectivity index (χ0v) is 17.8. The molecular formula is C21H30N4S. The lowest BCUT2D eigenvalue weighted by Gasteiger charge is -2.39. The molecule has 3 rings (SSSR count). The minimum Gasteiger partial charge on any atom is -0.299 e. The molecule has 5 heteroatoms. The number of fused-ring (bicyclic) bond motifs is 1. The fraction of sp³-hybridized carbons (Fsp3) is 0.524. The van der Waals surface area contributed by atoms with Crippen molar-refractivity contribution >= 4 is 29.1 Å². The molecule has 0 saturated heterocycles. The molecule has 0 fully saturated rings. The van der Waals surface area contributed by atoms with Gasteiger partial charge in [0, 0.05) is 6.20 Å². The normalized spacial score (nSPS) is 22.0. The summed E-state index contributed by atoms with van der Waals surface area (Å²) in [6, 6.07) is 4.46. The number of nitrogens with one attached hydrogen (secondary N) is 1. The Morgan fingerprint density at radius 3 is 2.27 bits per heavy atom. The molecule has 0 bridgehead atoms. The highest BCUT2D eigenvalue weighted by atomic mass is 32.2. The summed E-state index contributed by atoms with van der Waals surface area (Å²) in [5.74, 6) is 2.33. The van der Waals surface area contributed by atoms with E-state index in [0.29, 0.717) is 5.92 Å². The Labute approximate surface area is 161 Å². The molecule has 1 aromatic carbocycles. The van der Waals surface area contributed by atoms with E-state index in [9.17, 15) is 0 Å². The minimum absolute atomic E-state index is 0.265. The van der Waals surface area contributed by atoms with Crippen LogP contribution in [0.1, 0.15) is 50.3 Å². The van der Waals surface area contributed by atoms with Gasteiger partial charge in [-0.25, -0.2) is 15.0 Å². The topological polar surface area (TPSA) is 40.0 Å². The van der Waals surface area contributed by atoms with Gasteiger partial charge in [-0.15, -0.1) is 11.8 Å². The molecule has 0 aromatic heterocycles. The van der Waals surface area contributed by atoms with Gasteiger partial charge in [0.25, 0.3) is 0 Å². The largest absolute Gasteiger partial charge is 0.299 e. The number of rotatable bonds is 5. The van der Waals surface area contributed by atoms with E-state index in [0.717, 1.165) is 24.5 Å². The SMILES string of the molecule is CCC(CC)C1(SC)N=C(C)N=C2C1=CNN2c1c(C)cc(C)cc1C. The van der Waals surface area contributed by atoms with Gasteiger partial charge in [-0.2, -0.15) is 0 Å². The molecule has 1 aromatic rings. The van der Waals surface area contributed by atoms with E-state index in [1.165, 1.54) is 28.0 Å². The second-order valence-corrected chi connectivity index (χ2v) is 8.31. The second-order valence-electron chi connectivity index (χ2n) is 7.28. The van der Waals surface area contributed by atoms with Gasteiger partial charge in [0.1, 0.15) is 10.7 Å². The Balaban J connectivity index is 2.11. The first-order valence-corrected chi connectivity index (χ1v) is 10.7. The molecule has 0 radical (unpaired) electrons. The number of hydrazine groups is 1. The van der Waals surface area contributed by atoms with Crippen LogP contribution in [0, 0.1) is 26.7 Å². The van der Waals surface area contributed by atoms with Crippen LogP contribution in [0.4, 0.5) is 5.69 Å². The maximum atomic E-state index is 5.06. The minimum atomic E-state index is -0.265. The molecule has 2 heterocycles. The average Bonchev–Trinajstić information content (AvgIpc) is 2.98. The van der Waals surface area contributed by atoms with E-state index in [-0.39, 0.29) is 4.87 Å². The number of aryl methyl sites for hydroxylation is 3. The summed E-state index contributed by atoms with van der Waals surface area (Å²) in [6.07, 6.45) is 6.48. The van der Waals surface area contributed by atoms with Crippen LogP contribution >= 0.6 is 11.8 Å². The van der Waals surface area contributed by atoms with Gasteiger partial charge in [-0.05, 0) is 63.8 Å². The van der Waals surface area contributed by atoms with Crippen LogP contribution < -0.4 is 10.4 Å². The third kappa shape index (κ3) is 2.86. The van der Waals surface area contributed by atoms with Gasteiger partial charge in [0.05, 0.1) is 11.3 Å². The van der Waals surface area contributed by atoms with Crippen LogP contribution in [0.15, 0.2) is 33.9 Å². The Hall–Kier alpha value is -1.75. The predicted molar refractivity (Wildman–Crippen MR) is 115 cm³/mol. The van der Waals surface area contributed by atoms with Crippen molar-refractivity contribution in [3.63, 3.8) is 0 Å². The Morgan fingerprint density at radius 2 is 1.73 bits per heavy atom. The van der Waals surface area contributed by atoms with Crippen molar-refractivity contribution in [1.82, 2.24) is 5.43 Å². The van der Waals surface area contributed by atoms with Crippen LogP contribution in [0.3, 0.4) is 0 Å². The molecule has 1 N–H and O–H groups in total. The highest BCUT2D eigenvalue weighted by Crippen LogP contribution is 2.47. The fourth-order valence-corrected chi connectivity index (χ4v) is 5.66. The van der Waals surface area contributed by atoms with E-state index in [1.54, 1.807) is 0 Å². The van der Waals surface area contributed by atoms with E-state index in [4.69, 9.17) is 9.98 Å². The molecular weight excluding hydrogens is 340 g/mol. The maximum Gasteiger partial charge on any atom is 0.162 e. The van der Waals surface area contributed by atoms with Crippen molar-refractivity contribution in [2.24, 2.45) is 15.9 Å². The quantitative estimate of drug-likeness (QED) is 0.779. The Morgan fingerprint density at radius 1 is 1.12 bits per heavy atom. The van der Waals surface area contributed by atoms with Crippen molar-refractivity contribution in [2.45, 2.75) is 59.3 Å². The first kappa shape index (κ1) is 19.0. The van der Waals surface area contributed by atoms with Crippen molar-refractivity contribution < 1.29 is 0 Å². The second kappa shape index (κ2) is 7.10. The lowest BCUT2D eigenvalue weighted by atomic mass is 9.87. The Kier molecular flexibility index (Phi) is 5.20. The van der Waals surface area contributed by atoms with Crippen molar-refractivity contribution in [1.29, 1.82) is 0 Å². The number of anilines is 1. The predicted octanol–water partition coefficient (Wildman–Crippen LogP) is 5.15. The van der Waals surface area contributed by atoms with Crippen LogP contribution in [0.5, 0.6) is 0 Å². The lowest BCUT2D eigenvalue weighted by Crippen LogP contribution is -2.45. The standard InChI is InChI=1S/C21H30N4S/c1-8-17(9-2)21(26-7)18-12-22-25(20(18)23-16(6)24-21)19-14(4)10-13(3)11-15(19)5/h10-12,17,22H,8-9H2,1-7H3. The summed E-state index contributed by atoms with van der Waals surface area (Å²) in [4.78, 5) is 9.65. The van der Waals surface area contributed by atoms with Crippen molar-refractivity contribution in [3.05, 3.63) is 40.6 Å². The summed E-state index contributed by atoms with van der Waals surface area (Å²) in [7, 11) is 0. The monoisotopic (exact) mass is 370 g/mol. The number of hydrogen-bond acceptors (Lipinski definition) is 5. The summed E-state index contributed by atoms with van der Waals surface area (Å²) in [5, 5.41) is 2.14. The zero-order chi connectivity index (χ0) is 19.1. The summed E-state index contributed by atoms with van der Waals surface area (Å²) in [5.41, 5.74) is 9.67. The lowest BCUT2D eigenvalue weighted by molar-refractivity contribution is 0.408. The molecule has 1 atom stereocenters. The number of nitrogens with zero attached hydrogens (tertiary/aromatic N) is 3. The third-order valence-electron chi connectivity index (χ3n) is 5.48. The van der Waals surface area contributed by atoms with Crippen LogP contribution in [-0.4, -0.2) is 22.8 Å². The smallest absolute Gasteiger partial charge is 0.162 e. The highest BCUT2D eigenvalue weighted by Gasteiger charge is 2.47. The van der Waals surface area contributed by atoms with Crippen LogP contribution in [0.25, 0.3) is 0 Å². The van der Waals surface area contributed by atoms with Gasteiger partial charge in [-0.1, -0.05) is 31.5 Å². The molecule has 2 aliphatic heterocycles. The van der Waals surface area contributed by atoms with Crippen LogP contribution in [0.2, 0.25) is 0 Å². The molecule has 0 spiro atoms. The third-order valence-corrected chi connectivity index (χ3v) is 6.75. The van der Waals surface area contributed by atoms with Gasteiger partial charge in [-0.3, -0.25) is 5.43 Å². The van der Waals surface area contributed by atoms with E-state index >= 15 is 0 Å². The molecule has 0 amide bonds. The maximum absolute atomic E-state index is 5.06. The fourth-order valence-electron chi connectivity index (χ4n) is 4.40. The zero-order valence-electron chi connectivity index (χ0n) is 17.0. The molecule has 1 unspecified atom stereocenters. The molecule has 26 heavy (non-hydrogen) atoms. The molecule has 4 nitrogen and oxygen atoms in total. The highest BCUT2D eigenvalue weighted by molar-refractivity contribution is 8.00. The van der Waals surface area contributed by atoms with Gasteiger partial charge in [0.2, 0.25) is 0 Å². The number of benzene rings is 1. The van der Waals surface area contributed by atoms with E-state index in [2.05, 4.69) is 69.6 Å². The first-order valence-electron chi connectivity index (χ1n) is 9.43. The molecule has 0 aliphatic carbocycles. The number of hydrogen-bond donors (Lipinski definition) is 1. The summed E-state index contributed by atoms with van der Waals surface area (Å²) >= 11 is 1.84. The first-order chi connectivity index (χ1) is 12.4. The summed E-state index contributed by atoms with van der Waals surface area (Å²) in [6.45, 7) is 13.0. The van der Waals surface area contributed by atoms with Gasteiger partial charge < -0.3 is 0 Å². The van der Waals surface area contributed by atoms with Crippen molar-refractivity contribution in [3.8, 4) is 0 Å². The molecule has 2 aliphatic rings. The van der Waals surface area contributed by atoms with Gasteiger partial charge in [0.15, 0.2) is 5.84 Å². The molecule has 0 saturated carbocycles. The number of thioether (sulfide) groups is 1. The van der Waals surface area contributed by atoms with Gasteiger partial charge >= 0.3 is 0 Å². The number of aliphatic imine (C=N–C) groups is 2. The van der Waals surface area contributed by atoms with E-state index in [1.807, 2.05) is 18.7 Å². The Bertz CT molecular complexity index is 781. The summed E-state index contributed by atoms with van der Waals surface area (Å²) < 4.78 is 0.